The minimum absolute atomic E-state index is 0.0225. The predicted molar refractivity (Wildman–Crippen MR) is 79.3 cm³/mol. The highest BCUT2D eigenvalue weighted by atomic mass is 16.6. The smallest absolute Gasteiger partial charge is 0.443 e. The van der Waals surface area contributed by atoms with Gasteiger partial charge in [-0.05, 0) is 44.5 Å². The summed E-state index contributed by atoms with van der Waals surface area (Å²) in [6, 6.07) is 6.47. The first-order valence-electron chi connectivity index (χ1n) is 6.57. The number of hydrogen-bond donors (Lipinski definition) is 3. The van der Waals surface area contributed by atoms with E-state index in [2.05, 4.69) is 0 Å². The Bertz CT molecular complexity index is 672. The van der Waals surface area contributed by atoms with Crippen LogP contribution in [-0.4, -0.2) is 38.5 Å². The summed E-state index contributed by atoms with van der Waals surface area (Å²) in [5.41, 5.74) is 0.484. The molecule has 2 aromatic rings. The second-order valence-electron chi connectivity index (χ2n) is 5.81. The number of carbonyl (C=O) groups excluding carboxylic acids is 1. The molecule has 0 aliphatic carbocycles. The second kappa shape index (κ2) is 5.52. The summed E-state index contributed by atoms with van der Waals surface area (Å²) in [4.78, 5) is 12.3. The largest absolute Gasteiger partial charge is 0.506 e. The maximum atomic E-state index is 12.3. The molecule has 21 heavy (non-hydrogen) atoms. The van der Waals surface area contributed by atoms with E-state index in [4.69, 9.17) is 9.84 Å². The van der Waals surface area contributed by atoms with Gasteiger partial charge >= 0.3 is 13.2 Å². The molecule has 0 amide bonds. The van der Waals surface area contributed by atoms with Gasteiger partial charge in [-0.2, -0.15) is 0 Å². The third kappa shape index (κ3) is 3.26. The minimum atomic E-state index is -1.80. The predicted octanol–water partition coefficient (Wildman–Crippen LogP) is 0.597. The lowest BCUT2D eigenvalue weighted by Crippen LogP contribution is -2.40. The Morgan fingerprint density at radius 2 is 1.95 bits per heavy atom. The summed E-state index contributed by atoms with van der Waals surface area (Å²) < 4.78 is 6.42. The normalized spacial score (nSPS) is 11.7. The molecule has 0 fully saturated rings. The van der Waals surface area contributed by atoms with Crippen molar-refractivity contribution in [2.75, 3.05) is 0 Å². The van der Waals surface area contributed by atoms with E-state index < -0.39 is 18.8 Å². The fourth-order valence-electron chi connectivity index (χ4n) is 2.09. The highest BCUT2D eigenvalue weighted by molar-refractivity contribution is 6.59. The van der Waals surface area contributed by atoms with E-state index in [-0.39, 0.29) is 12.2 Å². The van der Waals surface area contributed by atoms with Gasteiger partial charge in [0.2, 0.25) is 0 Å². The molecular formula is C14H18BNO5. The summed E-state index contributed by atoms with van der Waals surface area (Å²) in [5.74, 6) is 0. The molecule has 0 radical (unpaired) electrons. The van der Waals surface area contributed by atoms with Crippen LogP contribution >= 0.6 is 0 Å². The van der Waals surface area contributed by atoms with Crippen LogP contribution in [0.5, 0.6) is 0 Å². The van der Waals surface area contributed by atoms with Gasteiger partial charge in [0.1, 0.15) is 5.60 Å². The minimum Gasteiger partial charge on any atom is -0.443 e. The number of aromatic nitrogens is 1. The average molecular weight is 291 g/mol. The zero-order chi connectivity index (χ0) is 15.8. The zero-order valence-corrected chi connectivity index (χ0v) is 12.2. The molecule has 1 aromatic heterocycles. The summed E-state index contributed by atoms with van der Waals surface area (Å²) in [6.45, 7) is 5.06. The summed E-state index contributed by atoms with van der Waals surface area (Å²) >= 11 is 0. The molecule has 0 saturated carbocycles. The van der Waals surface area contributed by atoms with Crippen molar-refractivity contribution in [3.05, 3.63) is 29.8 Å². The van der Waals surface area contributed by atoms with Crippen LogP contribution in [0.4, 0.5) is 4.79 Å². The van der Waals surface area contributed by atoms with Crippen LogP contribution in [0.2, 0.25) is 0 Å². The van der Waals surface area contributed by atoms with Crippen LogP contribution in [0.25, 0.3) is 10.9 Å². The Balaban J connectivity index is 2.59. The molecule has 1 heterocycles. The summed E-state index contributed by atoms with van der Waals surface area (Å²) in [7, 11) is -1.80. The fraction of sp³-hybridized carbons (Fsp3) is 0.357. The highest BCUT2D eigenvalue weighted by Crippen LogP contribution is 2.19. The van der Waals surface area contributed by atoms with Gasteiger partial charge in [-0.15, -0.1) is 0 Å². The Hall–Kier alpha value is -1.83. The maximum absolute atomic E-state index is 12.3. The Labute approximate surface area is 122 Å². The van der Waals surface area contributed by atoms with Crippen LogP contribution in [-0.2, 0) is 11.3 Å². The number of fused-ring (bicyclic) bond motifs is 1. The molecule has 1 aromatic carbocycles. The fourth-order valence-corrected chi connectivity index (χ4v) is 2.09. The molecule has 0 aliphatic rings. The maximum Gasteiger partial charge on any atom is 0.506 e. The van der Waals surface area contributed by atoms with Crippen molar-refractivity contribution in [1.29, 1.82) is 0 Å². The van der Waals surface area contributed by atoms with Crippen molar-refractivity contribution in [2.45, 2.75) is 33.0 Å². The average Bonchev–Trinajstić information content (AvgIpc) is 2.74. The third-order valence-corrected chi connectivity index (χ3v) is 2.92. The highest BCUT2D eigenvalue weighted by Gasteiger charge is 2.27. The van der Waals surface area contributed by atoms with Crippen molar-refractivity contribution in [2.24, 2.45) is 0 Å². The Morgan fingerprint density at radius 3 is 2.48 bits per heavy atom. The van der Waals surface area contributed by atoms with E-state index in [0.717, 1.165) is 4.57 Å². The number of hydrogen-bond acceptors (Lipinski definition) is 5. The number of ether oxygens (including phenoxy) is 1. The molecule has 6 nitrogen and oxygen atoms in total. The Kier molecular flexibility index (Phi) is 4.09. The van der Waals surface area contributed by atoms with Gasteiger partial charge in [0.25, 0.3) is 0 Å². The van der Waals surface area contributed by atoms with Crippen LogP contribution in [0, 0.1) is 0 Å². The van der Waals surface area contributed by atoms with E-state index in [9.17, 15) is 14.8 Å². The molecular weight excluding hydrogens is 273 g/mol. The molecule has 0 saturated heterocycles. The van der Waals surface area contributed by atoms with Gasteiger partial charge in [0, 0.05) is 5.39 Å². The number of aliphatic hydroxyl groups excluding tert-OH is 1. The van der Waals surface area contributed by atoms with E-state index in [0.29, 0.717) is 16.5 Å². The number of carbonyl (C=O) groups is 1. The molecule has 2 rings (SSSR count). The van der Waals surface area contributed by atoms with E-state index in [1.165, 1.54) is 6.07 Å². The van der Waals surface area contributed by atoms with E-state index in [1.807, 2.05) is 0 Å². The number of nitrogens with zero attached hydrogens (tertiary/aromatic N) is 1. The summed E-state index contributed by atoms with van der Waals surface area (Å²) in [5, 5.41) is 28.7. The lowest BCUT2D eigenvalue weighted by molar-refractivity contribution is 0.0547. The van der Waals surface area contributed by atoms with Gasteiger partial charge < -0.3 is 19.9 Å². The molecule has 0 unspecified atom stereocenters. The van der Waals surface area contributed by atoms with E-state index >= 15 is 0 Å². The van der Waals surface area contributed by atoms with Crippen molar-refractivity contribution in [3.63, 3.8) is 0 Å². The van der Waals surface area contributed by atoms with Crippen LogP contribution in [0.3, 0.4) is 0 Å². The van der Waals surface area contributed by atoms with Gasteiger partial charge in [-0.25, -0.2) is 4.79 Å². The standard InChI is InChI=1S/C14H18BNO5/c1-14(2,3)21-13(18)16-11-5-4-9(8-17)6-10(11)7-12(16)15(19)20/h4-7,17,19-20H,8H2,1-3H3. The van der Waals surface area contributed by atoms with Crippen molar-refractivity contribution >= 4 is 29.7 Å². The van der Waals surface area contributed by atoms with Gasteiger partial charge in [0.05, 0.1) is 17.7 Å². The number of aliphatic hydroxyl groups is 1. The molecule has 7 heteroatoms. The van der Waals surface area contributed by atoms with Crippen molar-refractivity contribution in [3.8, 4) is 0 Å². The van der Waals surface area contributed by atoms with Crippen LogP contribution < -0.4 is 5.59 Å². The second-order valence-corrected chi connectivity index (χ2v) is 5.81. The first-order valence-corrected chi connectivity index (χ1v) is 6.57. The Morgan fingerprint density at radius 1 is 1.29 bits per heavy atom. The molecule has 112 valence electrons. The monoisotopic (exact) mass is 291 g/mol. The zero-order valence-electron chi connectivity index (χ0n) is 12.2. The molecule has 0 aliphatic heterocycles. The first-order chi connectivity index (χ1) is 9.73. The van der Waals surface area contributed by atoms with E-state index in [1.54, 1.807) is 39.0 Å². The van der Waals surface area contributed by atoms with Crippen LogP contribution in [0.1, 0.15) is 26.3 Å². The quantitative estimate of drug-likeness (QED) is 0.705. The number of benzene rings is 1. The molecule has 0 spiro atoms. The lowest BCUT2D eigenvalue weighted by Gasteiger charge is -2.21. The van der Waals surface area contributed by atoms with Gasteiger partial charge in [-0.3, -0.25) is 4.57 Å². The SMILES string of the molecule is CC(C)(C)OC(=O)n1c(B(O)O)cc2cc(CO)ccc21. The van der Waals surface area contributed by atoms with Crippen molar-refractivity contribution in [1.82, 2.24) is 4.57 Å². The topological polar surface area (TPSA) is 91.9 Å². The van der Waals surface area contributed by atoms with Crippen molar-refractivity contribution < 1.29 is 24.7 Å². The molecule has 0 atom stereocenters. The lowest BCUT2D eigenvalue weighted by atomic mass is 9.86. The molecule has 0 bridgehead atoms. The number of rotatable bonds is 2. The van der Waals surface area contributed by atoms with Gasteiger partial charge in [-0.1, -0.05) is 6.07 Å². The van der Waals surface area contributed by atoms with Gasteiger partial charge in [0.15, 0.2) is 0 Å². The molecule has 3 N–H and O–H groups in total. The third-order valence-electron chi connectivity index (χ3n) is 2.92. The summed E-state index contributed by atoms with van der Waals surface area (Å²) in [6.07, 6.45) is -0.683. The first kappa shape index (κ1) is 15.6. The van der Waals surface area contributed by atoms with Crippen LogP contribution in [0.15, 0.2) is 24.3 Å².